The SMILES string of the molecule is CC[C@@H](C)NC(=O)c1c(-c2cccc(Br)c2)noc1C. The number of carbonyl (C=O) groups is 1. The lowest BCUT2D eigenvalue weighted by Crippen LogP contribution is -2.32. The molecule has 106 valence electrons. The van der Waals surface area contributed by atoms with E-state index < -0.39 is 0 Å². The molecule has 0 aliphatic heterocycles. The van der Waals surface area contributed by atoms with Gasteiger partial charge < -0.3 is 9.84 Å². The zero-order chi connectivity index (χ0) is 14.7. The van der Waals surface area contributed by atoms with Crippen LogP contribution in [-0.4, -0.2) is 17.1 Å². The van der Waals surface area contributed by atoms with Gasteiger partial charge in [0.05, 0.1) is 0 Å². The molecule has 20 heavy (non-hydrogen) atoms. The average Bonchev–Trinajstić information content (AvgIpc) is 2.80. The lowest BCUT2D eigenvalue weighted by Gasteiger charge is -2.11. The number of hydrogen-bond donors (Lipinski definition) is 1. The topological polar surface area (TPSA) is 55.1 Å². The largest absolute Gasteiger partial charge is 0.360 e. The molecule has 0 unspecified atom stereocenters. The molecule has 1 atom stereocenters. The number of nitrogens with zero attached hydrogens (tertiary/aromatic N) is 1. The Kier molecular flexibility index (Phi) is 4.60. The van der Waals surface area contributed by atoms with Crippen molar-refractivity contribution in [3.63, 3.8) is 0 Å². The monoisotopic (exact) mass is 336 g/mol. The van der Waals surface area contributed by atoms with Crippen LogP contribution in [0.1, 0.15) is 36.4 Å². The molecule has 0 aliphatic rings. The minimum Gasteiger partial charge on any atom is -0.360 e. The van der Waals surface area contributed by atoms with Crippen LogP contribution in [0.15, 0.2) is 33.3 Å². The van der Waals surface area contributed by atoms with Crippen molar-refractivity contribution < 1.29 is 9.32 Å². The van der Waals surface area contributed by atoms with Crippen LogP contribution in [-0.2, 0) is 0 Å². The van der Waals surface area contributed by atoms with E-state index in [9.17, 15) is 4.79 Å². The second kappa shape index (κ2) is 6.22. The highest BCUT2D eigenvalue weighted by Crippen LogP contribution is 2.27. The van der Waals surface area contributed by atoms with Crippen LogP contribution in [0.25, 0.3) is 11.3 Å². The van der Waals surface area contributed by atoms with E-state index in [1.165, 1.54) is 0 Å². The van der Waals surface area contributed by atoms with Gasteiger partial charge in [0.25, 0.3) is 5.91 Å². The Labute approximate surface area is 126 Å². The minimum absolute atomic E-state index is 0.118. The Bertz CT molecular complexity index is 622. The molecule has 1 aromatic carbocycles. The van der Waals surface area contributed by atoms with Crippen LogP contribution < -0.4 is 5.32 Å². The fourth-order valence-corrected chi connectivity index (χ4v) is 2.27. The van der Waals surface area contributed by atoms with E-state index in [-0.39, 0.29) is 11.9 Å². The molecule has 1 amide bonds. The summed E-state index contributed by atoms with van der Waals surface area (Å²) in [6, 6.07) is 7.77. The molecule has 2 aromatic rings. The highest BCUT2D eigenvalue weighted by Gasteiger charge is 2.22. The van der Waals surface area contributed by atoms with Crippen LogP contribution in [0.2, 0.25) is 0 Å². The Morgan fingerprint density at radius 3 is 2.90 bits per heavy atom. The number of amides is 1. The van der Waals surface area contributed by atoms with Crippen LogP contribution in [0, 0.1) is 6.92 Å². The number of benzene rings is 1. The lowest BCUT2D eigenvalue weighted by atomic mass is 10.1. The van der Waals surface area contributed by atoms with Crippen molar-refractivity contribution in [1.82, 2.24) is 10.5 Å². The minimum atomic E-state index is -0.145. The molecule has 1 heterocycles. The lowest BCUT2D eigenvalue weighted by molar-refractivity contribution is 0.0938. The quantitative estimate of drug-likeness (QED) is 0.919. The fraction of sp³-hybridized carbons (Fsp3) is 0.333. The fourth-order valence-electron chi connectivity index (χ4n) is 1.87. The first-order valence-electron chi connectivity index (χ1n) is 6.56. The highest BCUT2D eigenvalue weighted by atomic mass is 79.9. The Hall–Kier alpha value is -1.62. The summed E-state index contributed by atoms with van der Waals surface area (Å²) in [5.74, 6) is 0.383. The zero-order valence-electron chi connectivity index (χ0n) is 11.7. The van der Waals surface area contributed by atoms with E-state index in [0.717, 1.165) is 16.5 Å². The van der Waals surface area contributed by atoms with Gasteiger partial charge in [0.2, 0.25) is 0 Å². The number of hydrogen-bond acceptors (Lipinski definition) is 3. The maximum atomic E-state index is 12.4. The third kappa shape index (κ3) is 3.10. The van der Waals surface area contributed by atoms with Gasteiger partial charge in [0.1, 0.15) is 17.0 Å². The molecule has 0 radical (unpaired) electrons. The van der Waals surface area contributed by atoms with Crippen molar-refractivity contribution in [1.29, 1.82) is 0 Å². The molecule has 5 heteroatoms. The summed E-state index contributed by atoms with van der Waals surface area (Å²) in [5.41, 5.74) is 1.93. The van der Waals surface area contributed by atoms with Crippen molar-refractivity contribution in [2.24, 2.45) is 0 Å². The summed E-state index contributed by atoms with van der Waals surface area (Å²) in [7, 11) is 0. The number of aryl methyl sites for hydroxylation is 1. The van der Waals surface area contributed by atoms with E-state index in [1.54, 1.807) is 6.92 Å². The molecule has 0 saturated carbocycles. The van der Waals surface area contributed by atoms with Crippen molar-refractivity contribution in [3.8, 4) is 11.3 Å². The van der Waals surface area contributed by atoms with Gasteiger partial charge in [-0.15, -0.1) is 0 Å². The second-order valence-corrected chi connectivity index (χ2v) is 5.67. The van der Waals surface area contributed by atoms with Crippen LogP contribution in [0.4, 0.5) is 0 Å². The third-order valence-electron chi connectivity index (χ3n) is 3.18. The molecular formula is C15H17BrN2O2. The smallest absolute Gasteiger partial charge is 0.257 e. The first kappa shape index (κ1) is 14.8. The molecule has 1 aromatic heterocycles. The summed E-state index contributed by atoms with van der Waals surface area (Å²) in [5, 5.41) is 6.97. The van der Waals surface area contributed by atoms with Crippen molar-refractivity contribution >= 4 is 21.8 Å². The third-order valence-corrected chi connectivity index (χ3v) is 3.67. The molecule has 0 saturated heterocycles. The Morgan fingerprint density at radius 1 is 1.50 bits per heavy atom. The van der Waals surface area contributed by atoms with E-state index in [1.807, 2.05) is 38.1 Å². The van der Waals surface area contributed by atoms with E-state index in [0.29, 0.717) is 17.0 Å². The average molecular weight is 337 g/mol. The van der Waals surface area contributed by atoms with Gasteiger partial charge in [-0.25, -0.2) is 0 Å². The molecular weight excluding hydrogens is 320 g/mol. The predicted molar refractivity (Wildman–Crippen MR) is 81.6 cm³/mol. The molecule has 0 spiro atoms. The highest BCUT2D eigenvalue weighted by molar-refractivity contribution is 9.10. The summed E-state index contributed by atoms with van der Waals surface area (Å²) in [4.78, 5) is 12.4. The first-order chi connectivity index (χ1) is 9.52. The van der Waals surface area contributed by atoms with Gasteiger partial charge in [-0.1, -0.05) is 40.1 Å². The number of nitrogens with one attached hydrogen (secondary N) is 1. The standard InChI is InChI=1S/C15H17BrN2O2/c1-4-9(2)17-15(19)13-10(3)20-18-14(13)11-6-5-7-12(16)8-11/h5-9H,4H2,1-3H3,(H,17,19)/t9-/m1/s1. The van der Waals surface area contributed by atoms with Gasteiger partial charge >= 0.3 is 0 Å². The number of aromatic nitrogens is 1. The van der Waals surface area contributed by atoms with E-state index >= 15 is 0 Å². The summed E-state index contributed by atoms with van der Waals surface area (Å²) < 4.78 is 6.13. The summed E-state index contributed by atoms with van der Waals surface area (Å²) in [6.07, 6.45) is 0.877. The van der Waals surface area contributed by atoms with Gasteiger partial charge in [-0.05, 0) is 32.4 Å². The maximum absolute atomic E-state index is 12.4. The van der Waals surface area contributed by atoms with Gasteiger partial charge in [-0.3, -0.25) is 4.79 Å². The number of halogens is 1. The zero-order valence-corrected chi connectivity index (χ0v) is 13.3. The van der Waals surface area contributed by atoms with E-state index in [4.69, 9.17) is 4.52 Å². The molecule has 1 N–H and O–H groups in total. The maximum Gasteiger partial charge on any atom is 0.257 e. The van der Waals surface area contributed by atoms with E-state index in [2.05, 4.69) is 26.4 Å². The predicted octanol–water partition coefficient (Wildman–Crippen LogP) is 3.94. The van der Waals surface area contributed by atoms with Gasteiger partial charge in [-0.2, -0.15) is 0 Å². The van der Waals surface area contributed by atoms with Gasteiger partial charge in [0, 0.05) is 16.1 Å². The Morgan fingerprint density at radius 2 is 2.25 bits per heavy atom. The van der Waals surface area contributed by atoms with Crippen molar-refractivity contribution in [3.05, 3.63) is 40.1 Å². The van der Waals surface area contributed by atoms with Gasteiger partial charge in [0.15, 0.2) is 0 Å². The molecule has 4 nitrogen and oxygen atoms in total. The van der Waals surface area contributed by atoms with Crippen LogP contribution >= 0.6 is 15.9 Å². The summed E-state index contributed by atoms with van der Waals surface area (Å²) >= 11 is 3.42. The van der Waals surface area contributed by atoms with Crippen LogP contribution in [0.3, 0.4) is 0 Å². The number of rotatable bonds is 4. The molecule has 2 rings (SSSR count). The number of carbonyl (C=O) groups excluding carboxylic acids is 1. The normalized spacial score (nSPS) is 12.2. The molecule has 0 bridgehead atoms. The molecule has 0 aliphatic carbocycles. The Balaban J connectivity index is 2.39. The first-order valence-corrected chi connectivity index (χ1v) is 7.35. The second-order valence-electron chi connectivity index (χ2n) is 4.76. The van der Waals surface area contributed by atoms with Crippen molar-refractivity contribution in [2.45, 2.75) is 33.2 Å². The van der Waals surface area contributed by atoms with Crippen molar-refractivity contribution in [2.75, 3.05) is 0 Å². The molecule has 0 fully saturated rings. The summed E-state index contributed by atoms with van der Waals surface area (Å²) in [6.45, 7) is 5.75. The van der Waals surface area contributed by atoms with Crippen LogP contribution in [0.5, 0.6) is 0 Å².